The molecule has 0 aliphatic heterocycles. The van der Waals surface area contributed by atoms with Crippen LogP contribution in [0.5, 0.6) is 11.5 Å². The molecule has 5 heteroatoms. The molecule has 1 heterocycles. The highest BCUT2D eigenvalue weighted by Crippen LogP contribution is 2.37. The smallest absolute Gasteiger partial charge is 0.167 e. The second kappa shape index (κ2) is 9.53. The zero-order valence-corrected chi connectivity index (χ0v) is 17.1. The van der Waals surface area contributed by atoms with Gasteiger partial charge in [-0.25, -0.2) is 0 Å². The van der Waals surface area contributed by atoms with Gasteiger partial charge >= 0.3 is 0 Å². The molecule has 140 valence electrons. The van der Waals surface area contributed by atoms with E-state index in [-0.39, 0.29) is 0 Å². The molecule has 0 amide bonds. The Morgan fingerprint density at radius 3 is 2.52 bits per heavy atom. The third kappa shape index (κ3) is 5.08. The van der Waals surface area contributed by atoms with Crippen LogP contribution in [0.15, 0.2) is 65.4 Å². The fourth-order valence-electron chi connectivity index (χ4n) is 2.82. The number of ether oxygens (including phenoxy) is 2. The number of methoxy groups -OCH3 is 1. The average molecular weight is 427 g/mol. The van der Waals surface area contributed by atoms with E-state index in [1.807, 2.05) is 36.4 Å². The maximum Gasteiger partial charge on any atom is 0.167 e. The molecule has 1 aromatic heterocycles. The lowest BCUT2D eigenvalue weighted by Gasteiger charge is -2.18. The van der Waals surface area contributed by atoms with Gasteiger partial charge in [-0.1, -0.05) is 40.2 Å². The SMILES string of the molecule is COc1ccc(Br)c(CNCc2ccncc2)c1OCc1ccccc1C. The van der Waals surface area contributed by atoms with Crippen LogP contribution in [0.2, 0.25) is 0 Å². The molecule has 2 aromatic carbocycles. The third-order valence-corrected chi connectivity index (χ3v) is 5.14. The van der Waals surface area contributed by atoms with E-state index in [0.717, 1.165) is 33.6 Å². The third-order valence-electron chi connectivity index (χ3n) is 4.40. The van der Waals surface area contributed by atoms with E-state index < -0.39 is 0 Å². The molecule has 0 aliphatic carbocycles. The van der Waals surface area contributed by atoms with Gasteiger partial charge in [0, 0.05) is 35.5 Å². The van der Waals surface area contributed by atoms with Crippen molar-refractivity contribution in [3.63, 3.8) is 0 Å². The van der Waals surface area contributed by atoms with Crippen LogP contribution in [-0.2, 0) is 19.7 Å². The lowest BCUT2D eigenvalue weighted by atomic mass is 10.1. The molecule has 0 radical (unpaired) electrons. The molecule has 0 saturated heterocycles. The predicted octanol–water partition coefficient (Wildman–Crippen LogP) is 5.03. The lowest BCUT2D eigenvalue weighted by molar-refractivity contribution is 0.279. The molecule has 0 saturated carbocycles. The molecule has 3 rings (SSSR count). The van der Waals surface area contributed by atoms with Gasteiger partial charge in [0.2, 0.25) is 0 Å². The Balaban J connectivity index is 1.76. The summed E-state index contributed by atoms with van der Waals surface area (Å²) in [6.07, 6.45) is 3.60. The van der Waals surface area contributed by atoms with Crippen LogP contribution in [0.3, 0.4) is 0 Å². The van der Waals surface area contributed by atoms with Gasteiger partial charge in [0.25, 0.3) is 0 Å². The number of aryl methyl sites for hydroxylation is 1. The van der Waals surface area contributed by atoms with Crippen molar-refractivity contribution in [2.24, 2.45) is 0 Å². The van der Waals surface area contributed by atoms with Crippen molar-refractivity contribution in [1.82, 2.24) is 10.3 Å². The van der Waals surface area contributed by atoms with E-state index in [9.17, 15) is 0 Å². The zero-order valence-electron chi connectivity index (χ0n) is 15.5. The van der Waals surface area contributed by atoms with Gasteiger partial charge in [-0.2, -0.15) is 0 Å². The molecule has 27 heavy (non-hydrogen) atoms. The number of nitrogens with zero attached hydrogens (tertiary/aromatic N) is 1. The maximum absolute atomic E-state index is 6.20. The summed E-state index contributed by atoms with van der Waals surface area (Å²) in [5.74, 6) is 1.49. The minimum absolute atomic E-state index is 0.497. The van der Waals surface area contributed by atoms with Crippen molar-refractivity contribution in [3.8, 4) is 11.5 Å². The largest absolute Gasteiger partial charge is 0.493 e. The van der Waals surface area contributed by atoms with Crippen molar-refractivity contribution in [2.45, 2.75) is 26.6 Å². The molecular weight excluding hydrogens is 404 g/mol. The second-order valence-electron chi connectivity index (χ2n) is 6.23. The molecule has 1 N–H and O–H groups in total. The maximum atomic E-state index is 6.20. The first-order valence-electron chi connectivity index (χ1n) is 8.81. The zero-order chi connectivity index (χ0) is 19.1. The monoisotopic (exact) mass is 426 g/mol. The van der Waals surface area contributed by atoms with Gasteiger partial charge in [-0.05, 0) is 47.9 Å². The van der Waals surface area contributed by atoms with Crippen LogP contribution >= 0.6 is 15.9 Å². The Bertz CT molecular complexity index is 885. The molecule has 0 fully saturated rings. The summed E-state index contributed by atoms with van der Waals surface area (Å²) in [4.78, 5) is 4.05. The van der Waals surface area contributed by atoms with Crippen LogP contribution in [0.25, 0.3) is 0 Å². The van der Waals surface area contributed by atoms with Crippen LogP contribution in [0.1, 0.15) is 22.3 Å². The van der Waals surface area contributed by atoms with Crippen LogP contribution in [0.4, 0.5) is 0 Å². The van der Waals surface area contributed by atoms with Gasteiger partial charge in [0.1, 0.15) is 6.61 Å². The Kier molecular flexibility index (Phi) is 6.85. The normalized spacial score (nSPS) is 10.6. The highest BCUT2D eigenvalue weighted by molar-refractivity contribution is 9.10. The Morgan fingerprint density at radius 1 is 1.00 bits per heavy atom. The van der Waals surface area contributed by atoms with Gasteiger partial charge < -0.3 is 14.8 Å². The summed E-state index contributed by atoms with van der Waals surface area (Å²) < 4.78 is 12.7. The topological polar surface area (TPSA) is 43.4 Å². The van der Waals surface area contributed by atoms with E-state index in [1.54, 1.807) is 19.5 Å². The summed E-state index contributed by atoms with van der Waals surface area (Å²) in [6.45, 7) is 4.00. The number of pyridine rings is 1. The first-order valence-corrected chi connectivity index (χ1v) is 9.60. The number of rotatable bonds is 8. The van der Waals surface area contributed by atoms with Gasteiger partial charge in [-0.3, -0.25) is 4.98 Å². The second-order valence-corrected chi connectivity index (χ2v) is 7.09. The van der Waals surface area contributed by atoms with Crippen molar-refractivity contribution >= 4 is 15.9 Å². The van der Waals surface area contributed by atoms with Crippen molar-refractivity contribution < 1.29 is 9.47 Å². The summed E-state index contributed by atoms with van der Waals surface area (Å²) in [5.41, 5.74) is 4.60. The summed E-state index contributed by atoms with van der Waals surface area (Å²) in [5, 5.41) is 3.47. The number of nitrogens with one attached hydrogen (secondary N) is 1. The fourth-order valence-corrected chi connectivity index (χ4v) is 3.27. The number of halogens is 1. The molecule has 3 aromatic rings. The summed E-state index contributed by atoms with van der Waals surface area (Å²) in [7, 11) is 1.66. The average Bonchev–Trinajstić information content (AvgIpc) is 2.70. The fraction of sp³-hybridized carbons (Fsp3) is 0.227. The number of hydrogen-bond donors (Lipinski definition) is 1. The first-order chi connectivity index (χ1) is 13.2. The van der Waals surface area contributed by atoms with Gasteiger partial charge in [-0.15, -0.1) is 0 Å². The molecule has 0 atom stereocenters. The van der Waals surface area contributed by atoms with Crippen LogP contribution in [-0.4, -0.2) is 12.1 Å². The van der Waals surface area contributed by atoms with Crippen LogP contribution in [0, 0.1) is 6.92 Å². The molecular formula is C22H23BrN2O2. The Labute approximate surface area is 168 Å². The Morgan fingerprint density at radius 2 is 1.78 bits per heavy atom. The molecule has 4 nitrogen and oxygen atoms in total. The van der Waals surface area contributed by atoms with Crippen molar-refractivity contribution in [2.75, 3.05) is 7.11 Å². The summed E-state index contributed by atoms with van der Waals surface area (Å²) >= 11 is 3.65. The predicted molar refractivity (Wildman–Crippen MR) is 111 cm³/mol. The molecule has 0 spiro atoms. The Hall–Kier alpha value is -2.37. The van der Waals surface area contributed by atoms with Crippen LogP contribution < -0.4 is 14.8 Å². The number of hydrogen-bond acceptors (Lipinski definition) is 4. The highest BCUT2D eigenvalue weighted by atomic mass is 79.9. The van der Waals surface area contributed by atoms with Crippen molar-refractivity contribution in [3.05, 3.63) is 87.7 Å². The number of benzene rings is 2. The quantitative estimate of drug-likeness (QED) is 0.548. The van der Waals surface area contributed by atoms with E-state index >= 15 is 0 Å². The van der Waals surface area contributed by atoms with Crippen molar-refractivity contribution in [1.29, 1.82) is 0 Å². The standard InChI is InChI=1S/C22H23BrN2O2/c1-16-5-3-4-6-18(16)15-27-22-19(20(23)7-8-21(22)26-2)14-25-13-17-9-11-24-12-10-17/h3-12,25H,13-15H2,1-2H3. The van der Waals surface area contributed by atoms with E-state index in [1.165, 1.54) is 11.1 Å². The molecule has 0 unspecified atom stereocenters. The minimum atomic E-state index is 0.497. The highest BCUT2D eigenvalue weighted by Gasteiger charge is 2.15. The molecule has 0 aliphatic rings. The minimum Gasteiger partial charge on any atom is -0.493 e. The van der Waals surface area contributed by atoms with Gasteiger partial charge in [0.15, 0.2) is 11.5 Å². The van der Waals surface area contributed by atoms with E-state index in [4.69, 9.17) is 9.47 Å². The lowest BCUT2D eigenvalue weighted by Crippen LogP contribution is -2.14. The number of aromatic nitrogens is 1. The molecule has 0 bridgehead atoms. The first kappa shape index (κ1) is 19.4. The van der Waals surface area contributed by atoms with E-state index in [0.29, 0.717) is 13.2 Å². The van der Waals surface area contributed by atoms with Gasteiger partial charge in [0.05, 0.1) is 7.11 Å². The van der Waals surface area contributed by atoms with E-state index in [2.05, 4.69) is 45.3 Å². The summed E-state index contributed by atoms with van der Waals surface area (Å²) in [6, 6.07) is 16.2.